The van der Waals surface area contributed by atoms with Gasteiger partial charge in [0.25, 0.3) is 0 Å². The zero-order valence-electron chi connectivity index (χ0n) is 12.7. The van der Waals surface area contributed by atoms with Gasteiger partial charge in [-0.2, -0.15) is 0 Å². The predicted octanol–water partition coefficient (Wildman–Crippen LogP) is 3.48. The Kier molecular flexibility index (Phi) is 5.61. The second-order valence-corrected chi connectivity index (χ2v) is 7.11. The van der Waals surface area contributed by atoms with Crippen molar-refractivity contribution in [1.29, 1.82) is 0 Å². The Labute approximate surface area is 126 Å². The van der Waals surface area contributed by atoms with Crippen LogP contribution >= 0.6 is 11.3 Å². The van der Waals surface area contributed by atoms with Crippen molar-refractivity contribution in [2.24, 2.45) is 5.92 Å². The molecule has 1 heterocycles. The molecule has 1 aliphatic carbocycles. The standard InChI is InChI=1S/C16H26N2OS/c1-11(2)17-16(19)13-6-4-7-14(10-13)18-12(3)15-8-5-9-20-15/h5,8-9,11-14,18H,4,6-7,10H2,1-3H3,(H,17,19). The fourth-order valence-electron chi connectivity index (χ4n) is 2.96. The first-order valence-corrected chi connectivity index (χ1v) is 8.54. The van der Waals surface area contributed by atoms with Crippen molar-refractivity contribution < 1.29 is 4.79 Å². The van der Waals surface area contributed by atoms with Gasteiger partial charge in [0, 0.05) is 28.9 Å². The molecule has 0 aliphatic heterocycles. The summed E-state index contributed by atoms with van der Waals surface area (Å²) in [6, 6.07) is 5.35. The van der Waals surface area contributed by atoms with Crippen LogP contribution in [-0.2, 0) is 4.79 Å². The molecule has 1 fully saturated rings. The summed E-state index contributed by atoms with van der Waals surface area (Å²) in [4.78, 5) is 13.5. The van der Waals surface area contributed by atoms with Crippen molar-refractivity contribution in [2.45, 2.75) is 64.6 Å². The number of nitrogens with one attached hydrogen (secondary N) is 2. The number of carbonyl (C=O) groups excluding carboxylic acids is 1. The molecule has 3 unspecified atom stereocenters. The lowest BCUT2D eigenvalue weighted by molar-refractivity contribution is -0.126. The molecule has 2 N–H and O–H groups in total. The number of amides is 1. The van der Waals surface area contributed by atoms with Crippen LogP contribution in [-0.4, -0.2) is 18.0 Å². The van der Waals surface area contributed by atoms with E-state index < -0.39 is 0 Å². The Morgan fingerprint density at radius 2 is 2.15 bits per heavy atom. The average molecular weight is 294 g/mol. The Balaban J connectivity index is 1.85. The monoisotopic (exact) mass is 294 g/mol. The SMILES string of the molecule is CC(C)NC(=O)C1CCCC(NC(C)c2cccs2)C1. The Morgan fingerprint density at radius 1 is 1.35 bits per heavy atom. The van der Waals surface area contributed by atoms with Gasteiger partial charge >= 0.3 is 0 Å². The van der Waals surface area contributed by atoms with E-state index in [-0.39, 0.29) is 17.9 Å². The second kappa shape index (κ2) is 7.23. The molecule has 0 radical (unpaired) electrons. The second-order valence-electron chi connectivity index (χ2n) is 6.13. The molecule has 2 rings (SSSR count). The largest absolute Gasteiger partial charge is 0.354 e. The van der Waals surface area contributed by atoms with Gasteiger partial charge in [-0.1, -0.05) is 12.5 Å². The summed E-state index contributed by atoms with van der Waals surface area (Å²) < 4.78 is 0. The van der Waals surface area contributed by atoms with Crippen molar-refractivity contribution in [2.75, 3.05) is 0 Å². The summed E-state index contributed by atoms with van der Waals surface area (Å²) in [7, 11) is 0. The Bertz CT molecular complexity index is 416. The van der Waals surface area contributed by atoms with E-state index in [1.807, 2.05) is 13.8 Å². The number of hydrogen-bond donors (Lipinski definition) is 2. The highest BCUT2D eigenvalue weighted by Crippen LogP contribution is 2.27. The first-order valence-electron chi connectivity index (χ1n) is 7.66. The van der Waals surface area contributed by atoms with E-state index in [0.717, 1.165) is 19.3 Å². The summed E-state index contributed by atoms with van der Waals surface area (Å²) in [5.41, 5.74) is 0. The Hall–Kier alpha value is -0.870. The molecule has 112 valence electrons. The lowest BCUT2D eigenvalue weighted by Gasteiger charge is -2.31. The van der Waals surface area contributed by atoms with Crippen LogP contribution in [0.2, 0.25) is 0 Å². The lowest BCUT2D eigenvalue weighted by atomic mass is 9.84. The summed E-state index contributed by atoms with van der Waals surface area (Å²) in [6.45, 7) is 6.26. The first kappa shape index (κ1) is 15.5. The van der Waals surface area contributed by atoms with Crippen LogP contribution in [0.4, 0.5) is 0 Å². The van der Waals surface area contributed by atoms with Crippen LogP contribution in [0.3, 0.4) is 0 Å². The zero-order valence-corrected chi connectivity index (χ0v) is 13.5. The Morgan fingerprint density at radius 3 is 2.80 bits per heavy atom. The molecule has 4 heteroatoms. The maximum atomic E-state index is 12.1. The summed E-state index contributed by atoms with van der Waals surface area (Å²) in [6.07, 6.45) is 4.32. The van der Waals surface area contributed by atoms with Gasteiger partial charge < -0.3 is 10.6 Å². The minimum Gasteiger partial charge on any atom is -0.354 e. The fourth-order valence-corrected chi connectivity index (χ4v) is 3.70. The molecule has 1 aliphatic rings. The molecule has 1 saturated carbocycles. The normalized spacial score (nSPS) is 24.6. The molecule has 1 amide bonds. The van der Waals surface area contributed by atoms with E-state index in [1.165, 1.54) is 11.3 Å². The van der Waals surface area contributed by atoms with E-state index in [9.17, 15) is 4.79 Å². The zero-order chi connectivity index (χ0) is 14.5. The minimum atomic E-state index is 0.180. The van der Waals surface area contributed by atoms with Gasteiger partial charge in [-0.3, -0.25) is 4.79 Å². The molecular formula is C16H26N2OS. The first-order chi connectivity index (χ1) is 9.56. The predicted molar refractivity (Wildman–Crippen MR) is 84.9 cm³/mol. The lowest BCUT2D eigenvalue weighted by Crippen LogP contribution is -2.42. The highest BCUT2D eigenvalue weighted by atomic mass is 32.1. The van der Waals surface area contributed by atoms with E-state index in [4.69, 9.17) is 0 Å². The molecule has 0 spiro atoms. The van der Waals surface area contributed by atoms with Crippen LogP contribution in [0.5, 0.6) is 0 Å². The van der Waals surface area contributed by atoms with Crippen LogP contribution in [0, 0.1) is 5.92 Å². The van der Waals surface area contributed by atoms with Crippen molar-refractivity contribution in [3.05, 3.63) is 22.4 Å². The quantitative estimate of drug-likeness (QED) is 0.873. The van der Waals surface area contributed by atoms with E-state index in [2.05, 4.69) is 35.1 Å². The maximum absolute atomic E-state index is 12.1. The number of carbonyl (C=O) groups is 1. The molecule has 1 aromatic rings. The minimum absolute atomic E-state index is 0.180. The number of hydrogen-bond acceptors (Lipinski definition) is 3. The van der Waals surface area contributed by atoms with Crippen LogP contribution in [0.15, 0.2) is 17.5 Å². The summed E-state index contributed by atoms with van der Waals surface area (Å²) in [5, 5.41) is 8.86. The van der Waals surface area contributed by atoms with Gasteiger partial charge in [-0.25, -0.2) is 0 Å². The van der Waals surface area contributed by atoms with E-state index in [0.29, 0.717) is 12.1 Å². The molecule has 20 heavy (non-hydrogen) atoms. The molecule has 0 aromatic carbocycles. The van der Waals surface area contributed by atoms with Crippen LogP contribution in [0.25, 0.3) is 0 Å². The molecule has 3 atom stereocenters. The third-order valence-electron chi connectivity index (χ3n) is 3.93. The molecular weight excluding hydrogens is 268 g/mol. The topological polar surface area (TPSA) is 41.1 Å². The van der Waals surface area contributed by atoms with Crippen LogP contribution in [0.1, 0.15) is 57.4 Å². The van der Waals surface area contributed by atoms with E-state index >= 15 is 0 Å². The highest BCUT2D eigenvalue weighted by Gasteiger charge is 2.28. The highest BCUT2D eigenvalue weighted by molar-refractivity contribution is 7.10. The molecule has 3 nitrogen and oxygen atoms in total. The smallest absolute Gasteiger partial charge is 0.223 e. The molecule has 1 aromatic heterocycles. The van der Waals surface area contributed by atoms with Gasteiger partial charge in [0.2, 0.25) is 5.91 Å². The van der Waals surface area contributed by atoms with Crippen molar-refractivity contribution >= 4 is 17.2 Å². The molecule has 0 bridgehead atoms. The number of thiophene rings is 1. The van der Waals surface area contributed by atoms with Gasteiger partial charge in [-0.05, 0) is 51.5 Å². The van der Waals surface area contributed by atoms with Gasteiger partial charge in [0.05, 0.1) is 0 Å². The third kappa shape index (κ3) is 4.32. The van der Waals surface area contributed by atoms with Gasteiger partial charge in [-0.15, -0.1) is 11.3 Å². The van der Waals surface area contributed by atoms with Gasteiger partial charge in [0.15, 0.2) is 0 Å². The van der Waals surface area contributed by atoms with E-state index in [1.54, 1.807) is 11.3 Å². The maximum Gasteiger partial charge on any atom is 0.223 e. The number of rotatable bonds is 5. The summed E-state index contributed by atoms with van der Waals surface area (Å²) in [5.74, 6) is 0.412. The van der Waals surface area contributed by atoms with Crippen LogP contribution < -0.4 is 10.6 Å². The average Bonchev–Trinajstić information content (AvgIpc) is 2.92. The third-order valence-corrected chi connectivity index (χ3v) is 4.99. The molecule has 0 saturated heterocycles. The van der Waals surface area contributed by atoms with Crippen molar-refractivity contribution in [3.8, 4) is 0 Å². The fraction of sp³-hybridized carbons (Fsp3) is 0.688. The summed E-state index contributed by atoms with van der Waals surface area (Å²) >= 11 is 1.79. The van der Waals surface area contributed by atoms with Gasteiger partial charge in [0.1, 0.15) is 0 Å². The van der Waals surface area contributed by atoms with Crippen molar-refractivity contribution in [3.63, 3.8) is 0 Å². The van der Waals surface area contributed by atoms with Crippen molar-refractivity contribution in [1.82, 2.24) is 10.6 Å².